The van der Waals surface area contributed by atoms with Gasteiger partial charge in [0.1, 0.15) is 17.3 Å². The van der Waals surface area contributed by atoms with Crippen LogP contribution in [0.15, 0.2) is 53.4 Å². The number of hydrogen-bond acceptors (Lipinski definition) is 5. The third-order valence-corrected chi connectivity index (χ3v) is 5.77. The summed E-state index contributed by atoms with van der Waals surface area (Å²) in [6.07, 6.45) is 1.56. The van der Waals surface area contributed by atoms with Crippen LogP contribution in [0.2, 0.25) is 0 Å². The Bertz CT molecular complexity index is 747. The maximum absolute atomic E-state index is 13.1. The number of nitrogens with one attached hydrogen (secondary N) is 1. The van der Waals surface area contributed by atoms with Gasteiger partial charge in [0.2, 0.25) is 5.91 Å². The van der Waals surface area contributed by atoms with Crippen LogP contribution in [0.4, 0.5) is 4.39 Å². The number of ether oxygens (including phenoxy) is 2. The van der Waals surface area contributed by atoms with Crippen LogP contribution in [0.1, 0.15) is 19.3 Å². The Kier molecular flexibility index (Phi) is 6.13. The van der Waals surface area contributed by atoms with Crippen LogP contribution in [-0.4, -0.2) is 29.1 Å². The first-order valence-electron chi connectivity index (χ1n) is 8.32. The van der Waals surface area contributed by atoms with E-state index in [0.717, 1.165) is 4.90 Å². The predicted octanol–water partition coefficient (Wildman–Crippen LogP) is 4.15. The number of benzene rings is 2. The molecule has 0 aromatic heterocycles. The average molecular weight is 377 g/mol. The SMILES string of the molecule is O=C(CC1(Sc2ccccc2Oc2ccc(F)cc2)CCOCC1)NO. The van der Waals surface area contributed by atoms with Crippen molar-refractivity contribution < 1.29 is 23.9 Å². The summed E-state index contributed by atoms with van der Waals surface area (Å²) in [5.41, 5.74) is 1.72. The molecule has 2 N–H and O–H groups in total. The molecule has 0 spiro atoms. The van der Waals surface area contributed by atoms with Gasteiger partial charge in [-0.3, -0.25) is 10.0 Å². The highest BCUT2D eigenvalue weighted by Crippen LogP contribution is 2.46. The number of thioether (sulfide) groups is 1. The minimum atomic E-state index is -0.420. The van der Waals surface area contributed by atoms with E-state index in [2.05, 4.69) is 0 Å². The largest absolute Gasteiger partial charge is 0.456 e. The van der Waals surface area contributed by atoms with Crippen molar-refractivity contribution >= 4 is 17.7 Å². The van der Waals surface area contributed by atoms with Gasteiger partial charge >= 0.3 is 0 Å². The Hall–Kier alpha value is -2.09. The number of halogens is 1. The summed E-state index contributed by atoms with van der Waals surface area (Å²) < 4.78 is 24.1. The molecule has 7 heteroatoms. The minimum absolute atomic E-state index is 0.183. The van der Waals surface area contributed by atoms with E-state index in [-0.39, 0.29) is 17.0 Å². The van der Waals surface area contributed by atoms with Gasteiger partial charge in [0, 0.05) is 24.4 Å². The third kappa shape index (κ3) is 4.75. The second kappa shape index (κ2) is 8.53. The van der Waals surface area contributed by atoms with E-state index in [0.29, 0.717) is 37.6 Å². The van der Waals surface area contributed by atoms with Crippen molar-refractivity contribution in [1.29, 1.82) is 0 Å². The van der Waals surface area contributed by atoms with E-state index in [1.54, 1.807) is 29.4 Å². The van der Waals surface area contributed by atoms with Gasteiger partial charge in [-0.1, -0.05) is 12.1 Å². The second-order valence-electron chi connectivity index (χ2n) is 6.11. The predicted molar refractivity (Wildman–Crippen MR) is 96.1 cm³/mol. The van der Waals surface area contributed by atoms with Crippen LogP contribution in [0.5, 0.6) is 11.5 Å². The summed E-state index contributed by atoms with van der Waals surface area (Å²) in [4.78, 5) is 12.7. The molecule has 1 fully saturated rings. The standard InChI is InChI=1S/C19H20FNO4S/c20-14-5-7-15(8-6-14)25-16-3-1-2-4-17(16)26-19(13-18(22)21-23)9-11-24-12-10-19/h1-8,23H,9-13H2,(H,21,22). The normalized spacial score (nSPS) is 16.1. The summed E-state index contributed by atoms with van der Waals surface area (Å²) in [5, 5.41) is 8.92. The Morgan fingerprint density at radius 1 is 1.19 bits per heavy atom. The Labute approximate surface area is 155 Å². The molecule has 1 aliphatic heterocycles. The number of hydroxylamine groups is 1. The van der Waals surface area contributed by atoms with Gasteiger partial charge in [-0.2, -0.15) is 0 Å². The summed E-state index contributed by atoms with van der Waals surface area (Å²) in [7, 11) is 0. The zero-order valence-corrected chi connectivity index (χ0v) is 14.9. The molecule has 1 aliphatic rings. The Balaban J connectivity index is 1.83. The van der Waals surface area contributed by atoms with E-state index >= 15 is 0 Å². The number of hydrogen-bond donors (Lipinski definition) is 2. The minimum Gasteiger partial charge on any atom is -0.456 e. The maximum atomic E-state index is 13.1. The number of amides is 1. The van der Waals surface area contributed by atoms with E-state index < -0.39 is 5.91 Å². The highest BCUT2D eigenvalue weighted by atomic mass is 32.2. The van der Waals surface area contributed by atoms with Crippen LogP contribution in [0, 0.1) is 5.82 Å². The van der Waals surface area contributed by atoms with Crippen molar-refractivity contribution in [3.63, 3.8) is 0 Å². The van der Waals surface area contributed by atoms with E-state index in [9.17, 15) is 9.18 Å². The van der Waals surface area contributed by atoms with Crippen molar-refractivity contribution in [3.8, 4) is 11.5 Å². The van der Waals surface area contributed by atoms with Crippen LogP contribution in [-0.2, 0) is 9.53 Å². The molecule has 1 saturated heterocycles. The quantitative estimate of drug-likeness (QED) is 0.585. The van der Waals surface area contributed by atoms with Crippen LogP contribution < -0.4 is 10.2 Å². The molecule has 0 aliphatic carbocycles. The number of rotatable bonds is 6. The third-order valence-electron chi connectivity index (χ3n) is 4.23. The van der Waals surface area contributed by atoms with Gasteiger partial charge in [-0.05, 0) is 49.2 Å². The smallest absolute Gasteiger partial charge is 0.244 e. The zero-order valence-electron chi connectivity index (χ0n) is 14.1. The Morgan fingerprint density at radius 2 is 1.88 bits per heavy atom. The lowest BCUT2D eigenvalue weighted by atomic mass is 9.95. The lowest BCUT2D eigenvalue weighted by Crippen LogP contribution is -2.38. The highest BCUT2D eigenvalue weighted by molar-refractivity contribution is 8.00. The zero-order chi connectivity index (χ0) is 18.4. The molecule has 0 atom stereocenters. The summed E-state index contributed by atoms with van der Waals surface area (Å²) >= 11 is 1.55. The topological polar surface area (TPSA) is 67.8 Å². The molecule has 0 bridgehead atoms. The first kappa shape index (κ1) is 18.7. The fourth-order valence-corrected chi connectivity index (χ4v) is 4.27. The van der Waals surface area contributed by atoms with Crippen molar-refractivity contribution in [3.05, 3.63) is 54.3 Å². The van der Waals surface area contributed by atoms with Gasteiger partial charge in [-0.25, -0.2) is 9.87 Å². The molecular weight excluding hydrogens is 357 g/mol. The molecule has 2 aromatic carbocycles. The van der Waals surface area contributed by atoms with E-state index in [1.807, 2.05) is 24.3 Å². The second-order valence-corrected chi connectivity index (χ2v) is 7.62. The van der Waals surface area contributed by atoms with Gasteiger partial charge in [0.15, 0.2) is 0 Å². The molecule has 2 aromatic rings. The summed E-state index contributed by atoms with van der Waals surface area (Å²) in [6, 6.07) is 13.4. The lowest BCUT2D eigenvalue weighted by molar-refractivity contribution is -0.130. The van der Waals surface area contributed by atoms with Crippen molar-refractivity contribution in [2.45, 2.75) is 28.9 Å². The molecule has 1 heterocycles. The van der Waals surface area contributed by atoms with Crippen molar-refractivity contribution in [2.24, 2.45) is 0 Å². The molecule has 5 nitrogen and oxygen atoms in total. The van der Waals surface area contributed by atoms with Crippen LogP contribution in [0.3, 0.4) is 0 Å². The lowest BCUT2D eigenvalue weighted by Gasteiger charge is -2.36. The average Bonchev–Trinajstić information content (AvgIpc) is 2.66. The van der Waals surface area contributed by atoms with Gasteiger partial charge in [-0.15, -0.1) is 11.8 Å². The summed E-state index contributed by atoms with van der Waals surface area (Å²) in [6.45, 7) is 1.12. The molecule has 1 amide bonds. The van der Waals surface area contributed by atoms with Gasteiger partial charge in [0.05, 0.1) is 4.90 Å². The first-order valence-corrected chi connectivity index (χ1v) is 9.14. The number of para-hydroxylation sites is 1. The van der Waals surface area contributed by atoms with Crippen molar-refractivity contribution in [1.82, 2.24) is 5.48 Å². The fourth-order valence-electron chi connectivity index (χ4n) is 2.87. The summed E-state index contributed by atoms with van der Waals surface area (Å²) in [5.74, 6) is 0.431. The van der Waals surface area contributed by atoms with E-state index in [4.69, 9.17) is 14.7 Å². The molecule has 3 rings (SSSR count). The number of carbonyl (C=O) groups is 1. The molecule has 0 radical (unpaired) electrons. The number of carbonyl (C=O) groups excluding carboxylic acids is 1. The fraction of sp³-hybridized carbons (Fsp3) is 0.316. The van der Waals surface area contributed by atoms with Gasteiger partial charge in [0.25, 0.3) is 0 Å². The molecular formula is C19H20FNO4S. The first-order chi connectivity index (χ1) is 12.6. The van der Waals surface area contributed by atoms with Crippen molar-refractivity contribution in [2.75, 3.05) is 13.2 Å². The maximum Gasteiger partial charge on any atom is 0.244 e. The van der Waals surface area contributed by atoms with Crippen LogP contribution in [0.25, 0.3) is 0 Å². The highest BCUT2D eigenvalue weighted by Gasteiger charge is 2.36. The van der Waals surface area contributed by atoms with E-state index in [1.165, 1.54) is 12.1 Å². The Morgan fingerprint density at radius 3 is 2.58 bits per heavy atom. The van der Waals surface area contributed by atoms with Crippen LogP contribution >= 0.6 is 11.8 Å². The molecule has 0 saturated carbocycles. The molecule has 138 valence electrons. The monoisotopic (exact) mass is 377 g/mol. The van der Waals surface area contributed by atoms with Gasteiger partial charge < -0.3 is 9.47 Å². The molecule has 26 heavy (non-hydrogen) atoms. The molecule has 0 unspecified atom stereocenters.